The van der Waals surface area contributed by atoms with Gasteiger partial charge in [0.1, 0.15) is 17.5 Å². The number of nitrogen functional groups attached to an aromatic ring is 1. The summed E-state index contributed by atoms with van der Waals surface area (Å²) in [6.07, 6.45) is 2.32. The SMILES string of the molecule is Cc1nc(NN)cc(N(CCC(C)C)CCC(C)C)n1. The molecule has 0 aliphatic carbocycles. The summed E-state index contributed by atoms with van der Waals surface area (Å²) in [4.78, 5) is 11.2. The van der Waals surface area contributed by atoms with E-state index in [0.717, 1.165) is 37.6 Å². The third-order valence-corrected chi connectivity index (χ3v) is 3.25. The van der Waals surface area contributed by atoms with Crippen LogP contribution in [-0.2, 0) is 0 Å². The lowest BCUT2D eigenvalue weighted by Gasteiger charge is -2.26. The minimum Gasteiger partial charge on any atom is -0.356 e. The second-order valence-corrected chi connectivity index (χ2v) is 6.16. The Morgan fingerprint density at radius 3 is 2.10 bits per heavy atom. The highest BCUT2D eigenvalue weighted by Gasteiger charge is 2.12. The van der Waals surface area contributed by atoms with Crippen molar-refractivity contribution in [2.45, 2.75) is 47.5 Å². The van der Waals surface area contributed by atoms with Crippen molar-refractivity contribution in [1.29, 1.82) is 0 Å². The van der Waals surface area contributed by atoms with E-state index in [-0.39, 0.29) is 0 Å². The normalized spacial score (nSPS) is 11.2. The Balaban J connectivity index is 2.86. The molecule has 114 valence electrons. The van der Waals surface area contributed by atoms with Gasteiger partial charge in [-0.15, -0.1) is 0 Å². The van der Waals surface area contributed by atoms with E-state index in [4.69, 9.17) is 5.84 Å². The highest BCUT2D eigenvalue weighted by atomic mass is 15.3. The largest absolute Gasteiger partial charge is 0.356 e. The summed E-state index contributed by atoms with van der Waals surface area (Å²) in [6.45, 7) is 12.9. The van der Waals surface area contributed by atoms with Gasteiger partial charge in [0.2, 0.25) is 0 Å². The molecule has 0 aromatic carbocycles. The maximum absolute atomic E-state index is 5.47. The first-order chi connectivity index (χ1) is 9.42. The molecule has 1 aromatic rings. The number of rotatable bonds is 8. The molecular formula is C15H29N5. The van der Waals surface area contributed by atoms with Gasteiger partial charge in [0.25, 0.3) is 0 Å². The Labute approximate surface area is 123 Å². The molecule has 0 fully saturated rings. The van der Waals surface area contributed by atoms with Gasteiger partial charge in [0.15, 0.2) is 0 Å². The Hall–Kier alpha value is -1.36. The third-order valence-electron chi connectivity index (χ3n) is 3.25. The summed E-state index contributed by atoms with van der Waals surface area (Å²) in [6, 6.07) is 1.92. The number of aromatic nitrogens is 2. The third kappa shape index (κ3) is 5.74. The molecule has 0 unspecified atom stereocenters. The van der Waals surface area contributed by atoms with Crippen LogP contribution in [0.4, 0.5) is 11.6 Å². The summed E-state index contributed by atoms with van der Waals surface area (Å²) in [5.74, 6) is 9.23. The van der Waals surface area contributed by atoms with Crippen LogP contribution < -0.4 is 16.2 Å². The lowest BCUT2D eigenvalue weighted by Crippen LogP contribution is -2.29. The molecule has 0 aliphatic rings. The van der Waals surface area contributed by atoms with Crippen LogP contribution in [0.2, 0.25) is 0 Å². The molecular weight excluding hydrogens is 250 g/mol. The zero-order chi connectivity index (χ0) is 15.1. The van der Waals surface area contributed by atoms with Crippen molar-refractivity contribution >= 4 is 11.6 Å². The molecule has 0 atom stereocenters. The van der Waals surface area contributed by atoms with Crippen LogP contribution in [0.15, 0.2) is 6.07 Å². The fourth-order valence-electron chi connectivity index (χ4n) is 1.96. The van der Waals surface area contributed by atoms with E-state index >= 15 is 0 Å². The highest BCUT2D eigenvalue weighted by molar-refractivity contribution is 5.48. The average molecular weight is 279 g/mol. The zero-order valence-corrected chi connectivity index (χ0v) is 13.5. The average Bonchev–Trinajstić information content (AvgIpc) is 2.37. The van der Waals surface area contributed by atoms with E-state index < -0.39 is 0 Å². The summed E-state index contributed by atoms with van der Waals surface area (Å²) < 4.78 is 0. The topological polar surface area (TPSA) is 67.1 Å². The fourth-order valence-corrected chi connectivity index (χ4v) is 1.96. The number of hydrazine groups is 1. The minimum absolute atomic E-state index is 0.673. The predicted octanol–water partition coefficient (Wildman–Crippen LogP) is 2.97. The van der Waals surface area contributed by atoms with Crippen molar-refractivity contribution in [3.8, 4) is 0 Å². The van der Waals surface area contributed by atoms with Gasteiger partial charge in [-0.1, -0.05) is 27.7 Å². The molecule has 1 rings (SSSR count). The first-order valence-electron chi connectivity index (χ1n) is 7.49. The number of aryl methyl sites for hydroxylation is 1. The van der Waals surface area contributed by atoms with Gasteiger partial charge in [-0.25, -0.2) is 15.8 Å². The van der Waals surface area contributed by atoms with Crippen molar-refractivity contribution in [3.63, 3.8) is 0 Å². The van der Waals surface area contributed by atoms with E-state index in [1.54, 1.807) is 0 Å². The van der Waals surface area contributed by atoms with Gasteiger partial charge in [-0.3, -0.25) is 0 Å². The number of hydrogen-bond donors (Lipinski definition) is 2. The molecule has 0 radical (unpaired) electrons. The Bertz CT molecular complexity index is 391. The maximum Gasteiger partial charge on any atom is 0.145 e. The van der Waals surface area contributed by atoms with Crippen molar-refractivity contribution in [3.05, 3.63) is 11.9 Å². The quantitative estimate of drug-likeness (QED) is 0.565. The predicted molar refractivity (Wildman–Crippen MR) is 85.7 cm³/mol. The second-order valence-electron chi connectivity index (χ2n) is 6.16. The number of nitrogens with zero attached hydrogens (tertiary/aromatic N) is 3. The van der Waals surface area contributed by atoms with Crippen LogP contribution in [0.3, 0.4) is 0 Å². The van der Waals surface area contributed by atoms with Gasteiger partial charge in [-0.2, -0.15) is 0 Å². The summed E-state index contributed by atoms with van der Waals surface area (Å²) in [5.41, 5.74) is 2.62. The molecule has 1 aromatic heterocycles. The van der Waals surface area contributed by atoms with E-state index in [9.17, 15) is 0 Å². The van der Waals surface area contributed by atoms with E-state index in [0.29, 0.717) is 17.7 Å². The van der Waals surface area contributed by atoms with Crippen LogP contribution in [0.5, 0.6) is 0 Å². The standard InChI is InChI=1S/C15H29N5/c1-11(2)6-8-20(9-7-12(3)4)15-10-14(19-16)17-13(5)18-15/h10-12H,6-9,16H2,1-5H3,(H,17,18,19). The van der Waals surface area contributed by atoms with Crippen molar-refractivity contribution in [2.75, 3.05) is 23.4 Å². The molecule has 0 saturated heterocycles. The molecule has 5 heteroatoms. The van der Waals surface area contributed by atoms with E-state index in [2.05, 4.69) is 48.0 Å². The van der Waals surface area contributed by atoms with Crippen molar-refractivity contribution in [2.24, 2.45) is 17.7 Å². The number of nitrogens with one attached hydrogen (secondary N) is 1. The molecule has 0 amide bonds. The van der Waals surface area contributed by atoms with Crippen molar-refractivity contribution < 1.29 is 0 Å². The van der Waals surface area contributed by atoms with Crippen LogP contribution in [0.25, 0.3) is 0 Å². The Kier molecular flexibility index (Phi) is 6.71. The van der Waals surface area contributed by atoms with Crippen LogP contribution in [0, 0.1) is 18.8 Å². The van der Waals surface area contributed by atoms with Gasteiger partial charge in [-0.05, 0) is 31.6 Å². The van der Waals surface area contributed by atoms with Crippen molar-refractivity contribution in [1.82, 2.24) is 9.97 Å². The molecule has 20 heavy (non-hydrogen) atoms. The van der Waals surface area contributed by atoms with E-state index in [1.165, 1.54) is 0 Å². The monoisotopic (exact) mass is 279 g/mol. The maximum atomic E-state index is 5.47. The van der Waals surface area contributed by atoms with Crippen LogP contribution in [0.1, 0.15) is 46.4 Å². The van der Waals surface area contributed by atoms with Crippen LogP contribution in [-0.4, -0.2) is 23.1 Å². The van der Waals surface area contributed by atoms with Gasteiger partial charge >= 0.3 is 0 Å². The molecule has 0 aliphatic heterocycles. The molecule has 0 bridgehead atoms. The van der Waals surface area contributed by atoms with Crippen LogP contribution >= 0.6 is 0 Å². The lowest BCUT2D eigenvalue weighted by atomic mass is 10.1. The van der Waals surface area contributed by atoms with Gasteiger partial charge in [0.05, 0.1) is 0 Å². The molecule has 3 N–H and O–H groups in total. The molecule has 0 saturated carbocycles. The lowest BCUT2D eigenvalue weighted by molar-refractivity contribution is 0.532. The first kappa shape index (κ1) is 16.7. The number of hydrogen-bond acceptors (Lipinski definition) is 5. The highest BCUT2D eigenvalue weighted by Crippen LogP contribution is 2.18. The molecule has 5 nitrogen and oxygen atoms in total. The second kappa shape index (κ2) is 8.04. The molecule has 1 heterocycles. The Morgan fingerprint density at radius 1 is 1.10 bits per heavy atom. The molecule has 0 spiro atoms. The summed E-state index contributed by atoms with van der Waals surface area (Å²) in [5, 5.41) is 0. The summed E-state index contributed by atoms with van der Waals surface area (Å²) >= 11 is 0. The smallest absolute Gasteiger partial charge is 0.145 e. The summed E-state index contributed by atoms with van der Waals surface area (Å²) in [7, 11) is 0. The Morgan fingerprint density at radius 2 is 1.65 bits per heavy atom. The first-order valence-corrected chi connectivity index (χ1v) is 7.49. The minimum atomic E-state index is 0.673. The number of nitrogens with two attached hydrogens (primary N) is 1. The zero-order valence-electron chi connectivity index (χ0n) is 13.5. The number of anilines is 2. The fraction of sp³-hybridized carbons (Fsp3) is 0.733. The van der Waals surface area contributed by atoms with Gasteiger partial charge in [0, 0.05) is 19.2 Å². The van der Waals surface area contributed by atoms with E-state index in [1.807, 2.05) is 13.0 Å². The van der Waals surface area contributed by atoms with Gasteiger partial charge < -0.3 is 10.3 Å².